The molecule has 1 aliphatic rings. The lowest BCUT2D eigenvalue weighted by atomic mass is 9.93. The molecule has 0 saturated carbocycles. The van der Waals surface area contributed by atoms with Gasteiger partial charge >= 0.3 is 0 Å². The maximum absolute atomic E-state index is 13.9. The summed E-state index contributed by atoms with van der Waals surface area (Å²) in [5.74, 6) is -0.529. The number of ether oxygens (including phenoxy) is 1. The van der Waals surface area contributed by atoms with Gasteiger partial charge in [0.2, 0.25) is 0 Å². The summed E-state index contributed by atoms with van der Waals surface area (Å²) in [6.07, 6.45) is -0.229. The average molecular weight is 296 g/mol. The molecule has 1 heterocycles. The van der Waals surface area contributed by atoms with Crippen molar-refractivity contribution in [1.29, 1.82) is 0 Å². The number of benzene rings is 2. The number of halogens is 3. The van der Waals surface area contributed by atoms with E-state index in [4.69, 9.17) is 22.1 Å². The standard InChI is InChI=1S/C15H12ClF2NO/c16-10-2-1-3-11(18)15(10)14-7-12(19)9-5-4-8(17)6-13(9)20-14/h1-6,12,14H,7,19H2/t12-,14?/m1/s1. The van der Waals surface area contributed by atoms with Gasteiger partial charge in [-0.1, -0.05) is 23.7 Å². The van der Waals surface area contributed by atoms with Crippen molar-refractivity contribution in [2.24, 2.45) is 5.73 Å². The predicted molar refractivity (Wildman–Crippen MR) is 72.7 cm³/mol. The summed E-state index contributed by atoms with van der Waals surface area (Å²) >= 11 is 6.03. The van der Waals surface area contributed by atoms with Crippen LogP contribution in [0.25, 0.3) is 0 Å². The zero-order chi connectivity index (χ0) is 14.3. The Morgan fingerprint density at radius 2 is 2.00 bits per heavy atom. The molecule has 1 unspecified atom stereocenters. The monoisotopic (exact) mass is 295 g/mol. The lowest BCUT2D eigenvalue weighted by Gasteiger charge is -2.31. The molecule has 0 aliphatic carbocycles. The second-order valence-corrected chi connectivity index (χ2v) is 5.17. The summed E-state index contributed by atoms with van der Waals surface area (Å²) in [4.78, 5) is 0. The van der Waals surface area contributed by atoms with Crippen LogP contribution in [0.15, 0.2) is 36.4 Å². The Hall–Kier alpha value is -1.65. The Balaban J connectivity index is 2.03. The molecule has 1 aliphatic heterocycles. The van der Waals surface area contributed by atoms with Crippen LogP contribution < -0.4 is 10.5 Å². The van der Waals surface area contributed by atoms with Crippen molar-refractivity contribution in [2.75, 3.05) is 0 Å². The molecule has 0 fully saturated rings. The number of hydrogen-bond donors (Lipinski definition) is 1. The van der Waals surface area contributed by atoms with E-state index >= 15 is 0 Å². The minimum atomic E-state index is -0.618. The third-order valence-electron chi connectivity index (χ3n) is 3.43. The van der Waals surface area contributed by atoms with Crippen LogP contribution in [0.5, 0.6) is 5.75 Å². The van der Waals surface area contributed by atoms with Crippen molar-refractivity contribution in [3.8, 4) is 5.75 Å². The smallest absolute Gasteiger partial charge is 0.131 e. The molecule has 2 aromatic rings. The van der Waals surface area contributed by atoms with Gasteiger partial charge in [0.1, 0.15) is 23.5 Å². The van der Waals surface area contributed by atoms with Crippen molar-refractivity contribution in [3.63, 3.8) is 0 Å². The van der Waals surface area contributed by atoms with E-state index in [1.165, 1.54) is 24.3 Å². The molecular weight excluding hydrogens is 284 g/mol. The highest BCUT2D eigenvalue weighted by atomic mass is 35.5. The van der Waals surface area contributed by atoms with Crippen LogP contribution in [-0.2, 0) is 0 Å². The summed E-state index contributed by atoms with van der Waals surface area (Å²) in [6, 6.07) is 8.27. The number of rotatable bonds is 1. The minimum absolute atomic E-state index is 0.263. The molecule has 0 aromatic heterocycles. The van der Waals surface area contributed by atoms with Gasteiger partial charge in [-0.25, -0.2) is 8.78 Å². The second-order valence-electron chi connectivity index (χ2n) is 4.77. The predicted octanol–water partition coefficient (Wildman–Crippen LogP) is 4.14. The van der Waals surface area contributed by atoms with Gasteiger partial charge in [0, 0.05) is 29.7 Å². The first-order valence-corrected chi connectivity index (χ1v) is 6.59. The van der Waals surface area contributed by atoms with Crippen LogP contribution in [0.4, 0.5) is 8.78 Å². The summed E-state index contributed by atoms with van der Waals surface area (Å²) in [6.45, 7) is 0. The second kappa shape index (κ2) is 5.04. The zero-order valence-electron chi connectivity index (χ0n) is 10.4. The molecule has 5 heteroatoms. The summed E-state index contributed by atoms with van der Waals surface area (Å²) in [5, 5.41) is 0.280. The van der Waals surface area contributed by atoms with Crippen LogP contribution in [-0.4, -0.2) is 0 Å². The highest BCUT2D eigenvalue weighted by molar-refractivity contribution is 6.31. The van der Waals surface area contributed by atoms with Gasteiger partial charge in [-0.3, -0.25) is 0 Å². The van der Waals surface area contributed by atoms with Crippen molar-refractivity contribution in [2.45, 2.75) is 18.6 Å². The largest absolute Gasteiger partial charge is 0.485 e. The molecule has 104 valence electrons. The fourth-order valence-corrected chi connectivity index (χ4v) is 2.76. The molecule has 2 aromatic carbocycles. The number of hydrogen-bond acceptors (Lipinski definition) is 2. The van der Waals surface area contributed by atoms with E-state index in [-0.39, 0.29) is 16.6 Å². The summed E-state index contributed by atoms with van der Waals surface area (Å²) < 4.78 is 32.9. The molecular formula is C15H12ClF2NO. The van der Waals surface area contributed by atoms with E-state index in [9.17, 15) is 8.78 Å². The van der Waals surface area contributed by atoms with Crippen LogP contribution in [0.3, 0.4) is 0 Å². The quantitative estimate of drug-likeness (QED) is 0.858. The molecule has 2 N–H and O–H groups in total. The summed E-state index contributed by atoms with van der Waals surface area (Å²) in [5.41, 5.74) is 7.04. The average Bonchev–Trinajstić information content (AvgIpc) is 2.38. The van der Waals surface area contributed by atoms with Gasteiger partial charge in [-0.05, 0) is 18.2 Å². The van der Waals surface area contributed by atoms with Crippen LogP contribution in [0, 0.1) is 11.6 Å². The van der Waals surface area contributed by atoms with Gasteiger partial charge in [0.25, 0.3) is 0 Å². The Morgan fingerprint density at radius 3 is 2.75 bits per heavy atom. The van der Waals surface area contributed by atoms with Crippen LogP contribution in [0.2, 0.25) is 5.02 Å². The third-order valence-corrected chi connectivity index (χ3v) is 3.76. The number of nitrogens with two attached hydrogens (primary N) is 1. The van der Waals surface area contributed by atoms with Gasteiger partial charge in [0.15, 0.2) is 0 Å². The molecule has 0 saturated heterocycles. The van der Waals surface area contributed by atoms with E-state index < -0.39 is 17.7 Å². The van der Waals surface area contributed by atoms with Crippen molar-refractivity contribution >= 4 is 11.6 Å². The Labute approximate surface area is 120 Å². The van der Waals surface area contributed by atoms with E-state index in [2.05, 4.69) is 0 Å². The highest BCUT2D eigenvalue weighted by Crippen LogP contribution is 2.42. The molecule has 20 heavy (non-hydrogen) atoms. The van der Waals surface area contributed by atoms with Crippen molar-refractivity contribution in [1.82, 2.24) is 0 Å². The molecule has 3 rings (SSSR count). The van der Waals surface area contributed by atoms with Gasteiger partial charge in [-0.15, -0.1) is 0 Å². The first-order chi connectivity index (χ1) is 9.56. The maximum Gasteiger partial charge on any atom is 0.131 e. The van der Waals surface area contributed by atoms with Crippen molar-refractivity contribution in [3.05, 3.63) is 64.2 Å². The zero-order valence-corrected chi connectivity index (χ0v) is 11.2. The fourth-order valence-electron chi connectivity index (χ4n) is 2.47. The molecule has 0 amide bonds. The molecule has 0 bridgehead atoms. The van der Waals surface area contributed by atoms with Crippen LogP contribution >= 0.6 is 11.6 Å². The number of fused-ring (bicyclic) bond motifs is 1. The normalized spacial score (nSPS) is 21.2. The highest BCUT2D eigenvalue weighted by Gasteiger charge is 2.30. The fraction of sp³-hybridized carbons (Fsp3) is 0.200. The Kier molecular flexibility index (Phi) is 3.36. The van der Waals surface area contributed by atoms with Crippen LogP contribution in [0.1, 0.15) is 29.7 Å². The minimum Gasteiger partial charge on any atom is -0.485 e. The molecule has 2 atom stereocenters. The van der Waals surface area contributed by atoms with E-state index in [0.717, 1.165) is 5.56 Å². The SMILES string of the molecule is N[C@@H]1CC(c2c(F)cccc2Cl)Oc2cc(F)ccc21. The van der Waals surface area contributed by atoms with E-state index in [0.29, 0.717) is 12.2 Å². The Morgan fingerprint density at radius 1 is 1.20 bits per heavy atom. The first kappa shape index (κ1) is 13.3. The lowest BCUT2D eigenvalue weighted by molar-refractivity contribution is 0.157. The lowest BCUT2D eigenvalue weighted by Crippen LogP contribution is -2.25. The summed E-state index contributed by atoms with van der Waals surface area (Å²) in [7, 11) is 0. The molecule has 0 radical (unpaired) electrons. The molecule has 2 nitrogen and oxygen atoms in total. The van der Waals surface area contributed by atoms with E-state index in [1.807, 2.05) is 0 Å². The van der Waals surface area contributed by atoms with Gasteiger partial charge in [0.05, 0.1) is 5.02 Å². The van der Waals surface area contributed by atoms with Gasteiger partial charge in [-0.2, -0.15) is 0 Å². The van der Waals surface area contributed by atoms with E-state index in [1.54, 1.807) is 12.1 Å². The molecule has 0 spiro atoms. The topological polar surface area (TPSA) is 35.2 Å². The van der Waals surface area contributed by atoms with Crippen molar-refractivity contribution < 1.29 is 13.5 Å². The maximum atomic E-state index is 13.9. The third kappa shape index (κ3) is 2.25. The first-order valence-electron chi connectivity index (χ1n) is 6.22. The Bertz CT molecular complexity index is 642. The van der Waals surface area contributed by atoms with Gasteiger partial charge < -0.3 is 10.5 Å².